The summed E-state index contributed by atoms with van der Waals surface area (Å²) in [6.07, 6.45) is 0.103. The van der Waals surface area contributed by atoms with Crippen molar-refractivity contribution in [2.75, 3.05) is 6.54 Å². The lowest BCUT2D eigenvalue weighted by Crippen LogP contribution is -2.38. The zero-order valence-electron chi connectivity index (χ0n) is 15.2. The molecule has 2 rings (SSSR count). The van der Waals surface area contributed by atoms with Crippen LogP contribution in [-0.4, -0.2) is 24.5 Å². The highest BCUT2D eigenvalue weighted by Gasteiger charge is 2.22. The highest BCUT2D eigenvalue weighted by atomic mass is 32.1. The highest BCUT2D eigenvalue weighted by Crippen LogP contribution is 2.22. The number of ether oxygens (including phenoxy) is 1. The average Bonchev–Trinajstić information content (AvgIpc) is 2.94. The number of hydrogen-bond acceptors (Lipinski definition) is 4. The first kappa shape index (κ1) is 19.2. The van der Waals surface area contributed by atoms with Gasteiger partial charge >= 0.3 is 5.97 Å². The number of esters is 1. The molecule has 134 valence electrons. The predicted octanol–water partition coefficient (Wildman–Crippen LogP) is 4.22. The molecule has 25 heavy (non-hydrogen) atoms. The number of nitrogens with one attached hydrogen (secondary N) is 1. The predicted molar refractivity (Wildman–Crippen MR) is 101 cm³/mol. The molecular weight excluding hydrogens is 334 g/mol. The Hall–Kier alpha value is -2.14. The van der Waals surface area contributed by atoms with E-state index < -0.39 is 12.1 Å². The van der Waals surface area contributed by atoms with Crippen LogP contribution >= 0.6 is 11.3 Å². The van der Waals surface area contributed by atoms with Gasteiger partial charge in [0, 0.05) is 22.2 Å². The second-order valence-electron chi connectivity index (χ2n) is 6.14. The molecule has 0 saturated carbocycles. The van der Waals surface area contributed by atoms with Crippen molar-refractivity contribution in [2.24, 2.45) is 0 Å². The minimum absolute atomic E-state index is 0.245. The maximum absolute atomic E-state index is 12.3. The normalized spacial score (nSPS) is 13.1. The summed E-state index contributed by atoms with van der Waals surface area (Å²) in [5.74, 6) is -0.471. The van der Waals surface area contributed by atoms with Crippen molar-refractivity contribution in [1.29, 1.82) is 0 Å². The first-order chi connectivity index (χ1) is 11.9. The van der Waals surface area contributed by atoms with Crippen molar-refractivity contribution < 1.29 is 14.3 Å². The lowest BCUT2D eigenvalue weighted by molar-refractivity contribution is -0.129. The maximum atomic E-state index is 12.3. The molecular formula is C20H25NO3S. The molecule has 0 radical (unpaired) electrons. The van der Waals surface area contributed by atoms with Crippen molar-refractivity contribution in [3.8, 4) is 0 Å². The van der Waals surface area contributed by atoms with E-state index in [4.69, 9.17) is 4.74 Å². The Bertz CT molecular complexity index is 724. The van der Waals surface area contributed by atoms with Gasteiger partial charge in [-0.15, -0.1) is 11.3 Å². The summed E-state index contributed by atoms with van der Waals surface area (Å²) in [5, 5.41) is 2.90. The summed E-state index contributed by atoms with van der Waals surface area (Å²) in [6.45, 7) is 8.04. The van der Waals surface area contributed by atoms with Crippen LogP contribution in [0.4, 0.5) is 0 Å². The van der Waals surface area contributed by atoms with Crippen LogP contribution in [0.1, 0.15) is 51.9 Å². The van der Waals surface area contributed by atoms with E-state index in [1.807, 2.05) is 32.0 Å². The maximum Gasteiger partial charge on any atom is 0.340 e. The van der Waals surface area contributed by atoms with Crippen LogP contribution in [0, 0.1) is 13.8 Å². The average molecular weight is 359 g/mol. The third kappa shape index (κ3) is 5.16. The number of amides is 1. The second-order valence-corrected chi connectivity index (χ2v) is 7.60. The number of carbonyl (C=O) groups is 2. The fourth-order valence-corrected chi connectivity index (χ4v) is 3.61. The lowest BCUT2D eigenvalue weighted by atomic mass is 9.96. The van der Waals surface area contributed by atoms with E-state index in [1.165, 1.54) is 5.56 Å². The molecule has 0 spiro atoms. The van der Waals surface area contributed by atoms with E-state index in [0.717, 1.165) is 16.2 Å². The van der Waals surface area contributed by atoms with Gasteiger partial charge < -0.3 is 10.1 Å². The van der Waals surface area contributed by atoms with Crippen molar-refractivity contribution in [1.82, 2.24) is 5.32 Å². The molecule has 0 fully saturated rings. The van der Waals surface area contributed by atoms with Crippen LogP contribution in [0.25, 0.3) is 0 Å². The molecule has 0 saturated heterocycles. The molecule has 0 unspecified atom stereocenters. The monoisotopic (exact) mass is 359 g/mol. The number of rotatable bonds is 7. The van der Waals surface area contributed by atoms with Gasteiger partial charge in [0.1, 0.15) is 0 Å². The Balaban J connectivity index is 1.89. The Morgan fingerprint density at radius 1 is 1.20 bits per heavy atom. The van der Waals surface area contributed by atoms with Crippen LogP contribution < -0.4 is 5.32 Å². The Morgan fingerprint density at radius 3 is 2.44 bits per heavy atom. The molecule has 2 aromatic rings. The fourth-order valence-electron chi connectivity index (χ4n) is 2.70. The molecule has 1 amide bonds. The van der Waals surface area contributed by atoms with Crippen molar-refractivity contribution in [2.45, 2.75) is 46.1 Å². The van der Waals surface area contributed by atoms with Gasteiger partial charge in [-0.3, -0.25) is 4.79 Å². The van der Waals surface area contributed by atoms with Crippen LogP contribution in [0.15, 0.2) is 36.4 Å². The molecule has 1 aromatic heterocycles. The Morgan fingerprint density at radius 2 is 1.88 bits per heavy atom. The molecule has 2 atom stereocenters. The Kier molecular flexibility index (Phi) is 6.76. The highest BCUT2D eigenvalue weighted by molar-refractivity contribution is 7.12. The quantitative estimate of drug-likeness (QED) is 0.753. The van der Waals surface area contributed by atoms with Gasteiger partial charge in [0.05, 0.1) is 5.56 Å². The zero-order valence-corrected chi connectivity index (χ0v) is 16.0. The fraction of sp³-hybridized carbons (Fsp3) is 0.400. The summed E-state index contributed by atoms with van der Waals surface area (Å²) in [6, 6.07) is 11.9. The molecule has 0 aliphatic carbocycles. The van der Waals surface area contributed by atoms with Gasteiger partial charge in [-0.25, -0.2) is 4.79 Å². The van der Waals surface area contributed by atoms with Gasteiger partial charge in [0.15, 0.2) is 6.10 Å². The van der Waals surface area contributed by atoms with Gasteiger partial charge in [-0.2, -0.15) is 0 Å². The van der Waals surface area contributed by atoms with E-state index in [9.17, 15) is 9.59 Å². The SMILES string of the molecule is CC[C@@H](CNC(=O)[C@H](C)OC(=O)c1cc(C)sc1C)c1ccccc1. The zero-order chi connectivity index (χ0) is 18.4. The van der Waals surface area contributed by atoms with Gasteiger partial charge in [-0.1, -0.05) is 37.3 Å². The number of carbonyl (C=O) groups excluding carboxylic acids is 2. The van der Waals surface area contributed by atoms with Gasteiger partial charge in [0.2, 0.25) is 0 Å². The summed E-state index contributed by atoms with van der Waals surface area (Å²) >= 11 is 1.55. The largest absolute Gasteiger partial charge is 0.449 e. The smallest absolute Gasteiger partial charge is 0.340 e. The second kappa shape index (κ2) is 8.81. The van der Waals surface area contributed by atoms with Crippen LogP contribution in [0.5, 0.6) is 0 Å². The minimum Gasteiger partial charge on any atom is -0.449 e. The van der Waals surface area contributed by atoms with Crippen molar-refractivity contribution in [3.05, 3.63) is 57.3 Å². The van der Waals surface area contributed by atoms with E-state index in [1.54, 1.807) is 24.3 Å². The van der Waals surface area contributed by atoms with E-state index in [0.29, 0.717) is 12.1 Å². The standard InChI is InChI=1S/C20H25NO3S/c1-5-16(17-9-7-6-8-10-17)12-21-19(22)14(3)24-20(23)18-11-13(2)25-15(18)4/h6-11,14,16H,5,12H2,1-4H3,(H,21,22)/t14-,16-/m0/s1. The number of thiophene rings is 1. The van der Waals surface area contributed by atoms with E-state index >= 15 is 0 Å². The van der Waals surface area contributed by atoms with Crippen molar-refractivity contribution in [3.63, 3.8) is 0 Å². The van der Waals surface area contributed by atoms with Crippen LogP contribution in [0.2, 0.25) is 0 Å². The third-order valence-corrected chi connectivity index (χ3v) is 5.17. The molecule has 0 aliphatic rings. The topological polar surface area (TPSA) is 55.4 Å². The molecule has 1 aromatic carbocycles. The summed E-state index contributed by atoms with van der Waals surface area (Å²) in [7, 11) is 0. The summed E-state index contributed by atoms with van der Waals surface area (Å²) in [5.41, 5.74) is 1.73. The number of aryl methyl sites for hydroxylation is 2. The first-order valence-electron chi connectivity index (χ1n) is 8.53. The first-order valence-corrected chi connectivity index (χ1v) is 9.34. The molecule has 5 heteroatoms. The Labute approximate surface area is 153 Å². The lowest BCUT2D eigenvalue weighted by Gasteiger charge is -2.18. The van der Waals surface area contributed by atoms with Crippen LogP contribution in [-0.2, 0) is 9.53 Å². The molecule has 0 aliphatic heterocycles. The molecule has 1 N–H and O–H groups in total. The van der Waals surface area contributed by atoms with Gasteiger partial charge in [0.25, 0.3) is 5.91 Å². The minimum atomic E-state index is -0.819. The summed E-state index contributed by atoms with van der Waals surface area (Å²) < 4.78 is 5.32. The van der Waals surface area contributed by atoms with Crippen LogP contribution in [0.3, 0.4) is 0 Å². The van der Waals surface area contributed by atoms with E-state index in [-0.39, 0.29) is 11.8 Å². The molecule has 0 bridgehead atoms. The van der Waals surface area contributed by atoms with Gasteiger partial charge in [-0.05, 0) is 38.8 Å². The molecule has 1 heterocycles. The summed E-state index contributed by atoms with van der Waals surface area (Å²) in [4.78, 5) is 26.4. The molecule has 4 nitrogen and oxygen atoms in total. The number of hydrogen-bond donors (Lipinski definition) is 1. The number of benzene rings is 1. The van der Waals surface area contributed by atoms with Crippen molar-refractivity contribution >= 4 is 23.2 Å². The van der Waals surface area contributed by atoms with E-state index in [2.05, 4.69) is 24.4 Å². The third-order valence-electron chi connectivity index (χ3n) is 4.20.